The Labute approximate surface area is 110 Å². The number of esters is 1. The zero-order valence-electron chi connectivity index (χ0n) is 11.0. The lowest BCUT2D eigenvalue weighted by Gasteiger charge is -2.14. The van der Waals surface area contributed by atoms with Crippen LogP contribution >= 0.6 is 11.3 Å². The van der Waals surface area contributed by atoms with Gasteiger partial charge in [-0.3, -0.25) is 0 Å². The monoisotopic (exact) mass is 270 g/mol. The SMILES string of the molecule is CCOC(=O)c1scnc1NC(N)=NC(C)(C)C. The van der Waals surface area contributed by atoms with Crippen molar-refractivity contribution in [3.05, 3.63) is 10.4 Å². The first-order chi connectivity index (χ1) is 8.33. The van der Waals surface area contributed by atoms with Crippen molar-refractivity contribution in [2.24, 2.45) is 10.7 Å². The van der Waals surface area contributed by atoms with Gasteiger partial charge >= 0.3 is 5.97 Å². The van der Waals surface area contributed by atoms with E-state index in [1.165, 1.54) is 11.3 Å². The number of nitrogens with one attached hydrogen (secondary N) is 1. The molecule has 1 rings (SSSR count). The normalized spacial score (nSPS) is 12.3. The molecule has 1 heterocycles. The standard InChI is InChI=1S/C11H18N4O2S/c1-5-17-9(16)7-8(13-6-18-7)14-10(12)15-11(2,3)4/h6H,5H2,1-4H3,(H3,12,14,15). The third kappa shape index (κ3) is 4.33. The van der Waals surface area contributed by atoms with Crippen LogP contribution in [0.15, 0.2) is 10.5 Å². The van der Waals surface area contributed by atoms with Gasteiger partial charge in [-0.2, -0.15) is 0 Å². The van der Waals surface area contributed by atoms with Crippen LogP contribution in [-0.2, 0) is 4.74 Å². The Morgan fingerprint density at radius 1 is 1.61 bits per heavy atom. The number of rotatable bonds is 3. The summed E-state index contributed by atoms with van der Waals surface area (Å²) in [6, 6.07) is 0. The molecule has 18 heavy (non-hydrogen) atoms. The Morgan fingerprint density at radius 2 is 2.28 bits per heavy atom. The molecule has 1 aromatic heterocycles. The molecule has 1 aromatic rings. The molecular weight excluding hydrogens is 252 g/mol. The van der Waals surface area contributed by atoms with E-state index in [0.717, 1.165) is 0 Å². The number of aromatic nitrogens is 1. The van der Waals surface area contributed by atoms with Crippen molar-refractivity contribution in [1.82, 2.24) is 4.98 Å². The fourth-order valence-electron chi connectivity index (χ4n) is 1.19. The summed E-state index contributed by atoms with van der Waals surface area (Å²) in [7, 11) is 0. The number of aliphatic imine (C=N–C) groups is 1. The van der Waals surface area contributed by atoms with Crippen molar-refractivity contribution in [3.8, 4) is 0 Å². The summed E-state index contributed by atoms with van der Waals surface area (Å²) in [6.07, 6.45) is 0. The molecule has 7 heteroatoms. The van der Waals surface area contributed by atoms with Gasteiger partial charge in [0.1, 0.15) is 0 Å². The van der Waals surface area contributed by atoms with Gasteiger partial charge in [-0.25, -0.2) is 14.8 Å². The quantitative estimate of drug-likeness (QED) is 0.497. The largest absolute Gasteiger partial charge is 0.462 e. The van der Waals surface area contributed by atoms with E-state index in [9.17, 15) is 4.79 Å². The van der Waals surface area contributed by atoms with Gasteiger partial charge in [-0.1, -0.05) is 0 Å². The minimum absolute atomic E-state index is 0.221. The number of guanidine groups is 1. The number of hydrogen-bond acceptors (Lipinski definition) is 5. The van der Waals surface area contributed by atoms with Crippen LogP contribution in [0.1, 0.15) is 37.4 Å². The Morgan fingerprint density at radius 3 is 2.83 bits per heavy atom. The molecule has 0 aliphatic heterocycles. The van der Waals surface area contributed by atoms with Crippen molar-refractivity contribution in [2.45, 2.75) is 33.2 Å². The molecule has 0 saturated carbocycles. The molecule has 0 unspecified atom stereocenters. The molecule has 0 amide bonds. The highest BCUT2D eigenvalue weighted by molar-refractivity contribution is 7.12. The van der Waals surface area contributed by atoms with E-state index < -0.39 is 5.97 Å². The van der Waals surface area contributed by atoms with Crippen LogP contribution in [0.4, 0.5) is 5.82 Å². The van der Waals surface area contributed by atoms with E-state index in [-0.39, 0.29) is 11.5 Å². The van der Waals surface area contributed by atoms with Gasteiger partial charge in [0.25, 0.3) is 0 Å². The van der Waals surface area contributed by atoms with Gasteiger partial charge in [0.2, 0.25) is 0 Å². The average molecular weight is 270 g/mol. The van der Waals surface area contributed by atoms with Gasteiger partial charge in [0, 0.05) is 0 Å². The number of anilines is 1. The molecule has 0 aromatic carbocycles. The lowest BCUT2D eigenvalue weighted by atomic mass is 10.1. The first kappa shape index (κ1) is 14.4. The van der Waals surface area contributed by atoms with Crippen LogP contribution < -0.4 is 11.1 Å². The second kappa shape index (κ2) is 5.81. The third-order valence-electron chi connectivity index (χ3n) is 1.73. The second-order valence-electron chi connectivity index (χ2n) is 4.54. The lowest BCUT2D eigenvalue weighted by molar-refractivity contribution is 0.0533. The minimum atomic E-state index is -0.411. The molecule has 100 valence electrons. The van der Waals surface area contributed by atoms with Gasteiger partial charge in [0.05, 0.1) is 17.7 Å². The van der Waals surface area contributed by atoms with Crippen molar-refractivity contribution in [3.63, 3.8) is 0 Å². The van der Waals surface area contributed by atoms with Crippen LogP contribution in [0.2, 0.25) is 0 Å². The molecule has 0 aliphatic carbocycles. The van der Waals surface area contributed by atoms with Crippen molar-refractivity contribution in [2.75, 3.05) is 11.9 Å². The third-order valence-corrected chi connectivity index (χ3v) is 2.54. The summed E-state index contributed by atoms with van der Waals surface area (Å²) >= 11 is 1.20. The maximum atomic E-state index is 11.6. The van der Waals surface area contributed by atoms with Gasteiger partial charge in [-0.05, 0) is 27.7 Å². The lowest BCUT2D eigenvalue weighted by Crippen LogP contribution is -2.28. The number of thiazole rings is 1. The van der Waals surface area contributed by atoms with Crippen LogP contribution in [0.25, 0.3) is 0 Å². The minimum Gasteiger partial charge on any atom is -0.462 e. The second-order valence-corrected chi connectivity index (χ2v) is 5.40. The molecule has 0 spiro atoms. The Balaban J connectivity index is 2.83. The number of nitrogens with zero attached hydrogens (tertiary/aromatic N) is 2. The number of carbonyl (C=O) groups excluding carboxylic acids is 1. The zero-order valence-corrected chi connectivity index (χ0v) is 11.8. The summed E-state index contributed by atoms with van der Waals surface area (Å²) in [6.45, 7) is 7.85. The first-order valence-corrected chi connectivity index (χ1v) is 6.44. The summed E-state index contributed by atoms with van der Waals surface area (Å²) in [5, 5.41) is 2.81. The zero-order chi connectivity index (χ0) is 13.8. The van der Waals surface area contributed by atoms with Crippen LogP contribution in [-0.4, -0.2) is 29.1 Å². The maximum Gasteiger partial charge on any atom is 0.352 e. The Kier molecular flexibility index (Phi) is 4.66. The Hall–Kier alpha value is -1.63. The van der Waals surface area contributed by atoms with Gasteiger partial charge in [0.15, 0.2) is 16.7 Å². The summed E-state index contributed by atoms with van der Waals surface area (Å²) < 4.78 is 4.92. The molecule has 3 N–H and O–H groups in total. The number of ether oxygens (including phenoxy) is 1. The smallest absolute Gasteiger partial charge is 0.352 e. The highest BCUT2D eigenvalue weighted by Gasteiger charge is 2.17. The fraction of sp³-hybridized carbons (Fsp3) is 0.545. The van der Waals surface area contributed by atoms with Gasteiger partial charge in [-0.15, -0.1) is 11.3 Å². The van der Waals surface area contributed by atoms with Crippen LogP contribution in [0, 0.1) is 0 Å². The molecule has 6 nitrogen and oxygen atoms in total. The van der Waals surface area contributed by atoms with Crippen molar-refractivity contribution < 1.29 is 9.53 Å². The molecule has 0 atom stereocenters. The van der Waals surface area contributed by atoms with E-state index >= 15 is 0 Å². The van der Waals surface area contributed by atoms with Crippen LogP contribution in [0.5, 0.6) is 0 Å². The molecule has 0 radical (unpaired) electrons. The highest BCUT2D eigenvalue weighted by atomic mass is 32.1. The first-order valence-electron chi connectivity index (χ1n) is 5.56. The van der Waals surface area contributed by atoms with Crippen molar-refractivity contribution >= 4 is 29.1 Å². The fourth-order valence-corrected chi connectivity index (χ4v) is 1.82. The highest BCUT2D eigenvalue weighted by Crippen LogP contribution is 2.19. The van der Waals surface area contributed by atoms with Gasteiger partial charge < -0.3 is 15.8 Å². The predicted molar refractivity (Wildman–Crippen MR) is 73.1 cm³/mol. The van der Waals surface area contributed by atoms with E-state index in [1.807, 2.05) is 20.8 Å². The molecule has 0 aliphatic rings. The predicted octanol–water partition coefficient (Wildman–Crippen LogP) is 1.84. The number of carbonyl (C=O) groups is 1. The maximum absolute atomic E-state index is 11.6. The molecule has 0 bridgehead atoms. The number of nitrogens with two attached hydrogens (primary N) is 1. The van der Waals surface area contributed by atoms with E-state index in [1.54, 1.807) is 12.4 Å². The van der Waals surface area contributed by atoms with E-state index in [0.29, 0.717) is 17.3 Å². The van der Waals surface area contributed by atoms with E-state index in [2.05, 4.69) is 15.3 Å². The van der Waals surface area contributed by atoms with Crippen molar-refractivity contribution in [1.29, 1.82) is 0 Å². The number of hydrogen-bond donors (Lipinski definition) is 2. The Bertz CT molecular complexity index is 448. The summed E-state index contributed by atoms with van der Waals surface area (Å²) in [5.74, 6) is 0.189. The molecular formula is C11H18N4O2S. The van der Waals surface area contributed by atoms with E-state index in [4.69, 9.17) is 10.5 Å². The summed E-state index contributed by atoms with van der Waals surface area (Å²) in [4.78, 5) is 20.3. The molecule has 0 fully saturated rings. The topological polar surface area (TPSA) is 89.6 Å². The van der Waals surface area contributed by atoms with Crippen LogP contribution in [0.3, 0.4) is 0 Å². The summed E-state index contributed by atoms with van der Waals surface area (Å²) in [5.41, 5.74) is 7.01. The average Bonchev–Trinajstić information content (AvgIpc) is 2.62. The molecule has 0 saturated heterocycles.